The van der Waals surface area contributed by atoms with Crippen LogP contribution in [0, 0.1) is 5.92 Å². The molecule has 94 valence electrons. The lowest BCUT2D eigenvalue weighted by molar-refractivity contribution is -0.119. The molecule has 1 rings (SSSR count). The summed E-state index contributed by atoms with van der Waals surface area (Å²) >= 11 is 0. The average molecular weight is 239 g/mol. The van der Waals surface area contributed by atoms with Crippen molar-refractivity contribution >= 4 is 17.5 Å². The molecule has 0 saturated heterocycles. The summed E-state index contributed by atoms with van der Waals surface area (Å²) in [4.78, 5) is 22.3. The van der Waals surface area contributed by atoms with Gasteiger partial charge in [-0.15, -0.1) is 0 Å². The summed E-state index contributed by atoms with van der Waals surface area (Å²) in [6, 6.07) is 0. The number of hydrogen-bond donors (Lipinski definition) is 3. The highest BCUT2D eigenvalue weighted by molar-refractivity contribution is 5.92. The normalized spacial score (nSPS) is 12.1. The predicted molar refractivity (Wildman–Crippen MR) is 62.9 cm³/mol. The largest absolute Gasteiger partial charge is 0.368 e. The summed E-state index contributed by atoms with van der Waals surface area (Å²) in [5.74, 6) is -0.754. The minimum absolute atomic E-state index is 0.00573. The molecule has 1 aromatic heterocycles. The van der Waals surface area contributed by atoms with Crippen molar-refractivity contribution < 1.29 is 9.59 Å². The molecule has 1 aromatic rings. The molecule has 17 heavy (non-hydrogen) atoms. The number of nitrogens with two attached hydrogens (primary N) is 2. The number of anilines is 1. The number of aromatic nitrogens is 2. The monoisotopic (exact) mass is 239 g/mol. The minimum Gasteiger partial charge on any atom is -0.368 e. The zero-order valence-electron chi connectivity index (χ0n) is 9.72. The van der Waals surface area contributed by atoms with Crippen LogP contribution < -0.4 is 16.8 Å². The Morgan fingerprint density at radius 2 is 2.29 bits per heavy atom. The molecule has 2 amide bonds. The van der Waals surface area contributed by atoms with Crippen LogP contribution in [0.25, 0.3) is 0 Å². The van der Waals surface area contributed by atoms with Gasteiger partial charge in [0.15, 0.2) is 0 Å². The highest BCUT2D eigenvalue weighted by Crippen LogP contribution is 2.09. The number of carbonyl (C=O) groups excluding carboxylic acids is 2. The first-order chi connectivity index (χ1) is 8.02. The lowest BCUT2D eigenvalue weighted by Crippen LogP contribution is -2.22. The number of carbonyl (C=O) groups is 2. The van der Waals surface area contributed by atoms with Crippen molar-refractivity contribution in [2.45, 2.75) is 19.9 Å². The number of nitrogens with zero attached hydrogens (tertiary/aromatic N) is 2. The van der Waals surface area contributed by atoms with E-state index in [1.54, 1.807) is 13.1 Å². The van der Waals surface area contributed by atoms with E-state index in [-0.39, 0.29) is 18.4 Å². The van der Waals surface area contributed by atoms with Gasteiger partial charge in [-0.3, -0.25) is 14.3 Å². The second-order valence-electron chi connectivity index (χ2n) is 3.86. The van der Waals surface area contributed by atoms with Crippen LogP contribution in [-0.4, -0.2) is 28.1 Å². The van der Waals surface area contributed by atoms with E-state index in [0.717, 1.165) is 0 Å². The summed E-state index contributed by atoms with van der Waals surface area (Å²) < 4.78 is 1.37. The summed E-state index contributed by atoms with van der Waals surface area (Å²) in [5.41, 5.74) is 10.9. The molecule has 0 aliphatic heterocycles. The van der Waals surface area contributed by atoms with E-state index in [2.05, 4.69) is 10.4 Å². The first-order valence-corrected chi connectivity index (χ1v) is 5.34. The summed E-state index contributed by atoms with van der Waals surface area (Å²) in [6.07, 6.45) is 3.65. The highest BCUT2D eigenvalue weighted by Gasteiger charge is 2.12. The van der Waals surface area contributed by atoms with Crippen molar-refractivity contribution in [2.75, 3.05) is 11.9 Å². The van der Waals surface area contributed by atoms with Crippen LogP contribution >= 0.6 is 0 Å². The zero-order valence-corrected chi connectivity index (χ0v) is 9.72. The first kappa shape index (κ1) is 13.2. The molecule has 0 fully saturated rings. The van der Waals surface area contributed by atoms with Gasteiger partial charge < -0.3 is 16.8 Å². The van der Waals surface area contributed by atoms with Gasteiger partial charge in [-0.25, -0.2) is 0 Å². The molecule has 7 nitrogen and oxygen atoms in total. The standard InChI is InChI=1S/C10H17N5O2/c1-7(2-3-11)10(17)14-8-4-13-15(5-8)6-9(12)16/h4-5,7H,2-3,6,11H2,1H3,(H2,12,16)(H,14,17). The lowest BCUT2D eigenvalue weighted by Gasteiger charge is -2.08. The van der Waals surface area contributed by atoms with E-state index in [0.29, 0.717) is 18.7 Å². The van der Waals surface area contributed by atoms with Gasteiger partial charge >= 0.3 is 0 Å². The topological polar surface area (TPSA) is 116 Å². The van der Waals surface area contributed by atoms with Crippen LogP contribution in [0.5, 0.6) is 0 Å². The summed E-state index contributed by atoms with van der Waals surface area (Å²) in [6.45, 7) is 2.26. The molecule has 0 radical (unpaired) electrons. The van der Waals surface area contributed by atoms with Gasteiger partial charge in [0.05, 0.1) is 11.9 Å². The van der Waals surface area contributed by atoms with Crippen LogP contribution in [-0.2, 0) is 16.1 Å². The van der Waals surface area contributed by atoms with Gasteiger partial charge in [0.1, 0.15) is 6.54 Å². The molecular weight excluding hydrogens is 222 g/mol. The second-order valence-corrected chi connectivity index (χ2v) is 3.86. The molecule has 0 aliphatic rings. The highest BCUT2D eigenvalue weighted by atomic mass is 16.2. The van der Waals surface area contributed by atoms with Crippen LogP contribution in [0.3, 0.4) is 0 Å². The molecule has 0 aliphatic carbocycles. The Morgan fingerprint density at radius 3 is 2.88 bits per heavy atom. The Kier molecular flexibility index (Phi) is 4.65. The predicted octanol–water partition coefficient (Wildman–Crippen LogP) is -0.708. The van der Waals surface area contributed by atoms with E-state index in [1.807, 2.05) is 0 Å². The number of rotatable bonds is 6. The maximum Gasteiger partial charge on any atom is 0.239 e. The maximum atomic E-state index is 11.6. The number of amides is 2. The quantitative estimate of drug-likeness (QED) is 0.608. The fraction of sp³-hybridized carbons (Fsp3) is 0.500. The smallest absolute Gasteiger partial charge is 0.239 e. The first-order valence-electron chi connectivity index (χ1n) is 5.34. The van der Waals surface area contributed by atoms with Crippen molar-refractivity contribution in [3.63, 3.8) is 0 Å². The van der Waals surface area contributed by atoms with Crippen molar-refractivity contribution in [1.29, 1.82) is 0 Å². The Hall–Kier alpha value is -1.89. The van der Waals surface area contributed by atoms with E-state index in [1.165, 1.54) is 10.9 Å². The van der Waals surface area contributed by atoms with Gasteiger partial charge in [-0.05, 0) is 13.0 Å². The molecular formula is C10H17N5O2. The van der Waals surface area contributed by atoms with E-state index in [9.17, 15) is 9.59 Å². The van der Waals surface area contributed by atoms with E-state index < -0.39 is 5.91 Å². The van der Waals surface area contributed by atoms with Gasteiger partial charge in [-0.1, -0.05) is 6.92 Å². The third-order valence-electron chi connectivity index (χ3n) is 2.27. The van der Waals surface area contributed by atoms with Crippen LogP contribution in [0.2, 0.25) is 0 Å². The van der Waals surface area contributed by atoms with Gasteiger partial charge in [0, 0.05) is 12.1 Å². The van der Waals surface area contributed by atoms with Crippen molar-refractivity contribution in [2.24, 2.45) is 17.4 Å². The average Bonchev–Trinajstić information content (AvgIpc) is 2.64. The summed E-state index contributed by atoms with van der Waals surface area (Å²) in [5, 5.41) is 6.58. The Balaban J connectivity index is 2.54. The minimum atomic E-state index is -0.484. The molecule has 0 aromatic carbocycles. The van der Waals surface area contributed by atoms with Gasteiger partial charge in [0.2, 0.25) is 11.8 Å². The Morgan fingerprint density at radius 1 is 1.59 bits per heavy atom. The lowest BCUT2D eigenvalue weighted by atomic mass is 10.1. The van der Waals surface area contributed by atoms with Crippen molar-refractivity contribution in [3.8, 4) is 0 Å². The summed E-state index contributed by atoms with van der Waals surface area (Å²) in [7, 11) is 0. The number of hydrogen-bond acceptors (Lipinski definition) is 4. The van der Waals surface area contributed by atoms with Crippen molar-refractivity contribution in [1.82, 2.24) is 9.78 Å². The third kappa shape index (κ3) is 4.23. The van der Waals surface area contributed by atoms with Crippen LogP contribution in [0.15, 0.2) is 12.4 Å². The van der Waals surface area contributed by atoms with Crippen molar-refractivity contribution in [3.05, 3.63) is 12.4 Å². The molecule has 0 spiro atoms. The van der Waals surface area contributed by atoms with Gasteiger partial charge in [-0.2, -0.15) is 5.10 Å². The number of nitrogens with one attached hydrogen (secondary N) is 1. The molecule has 5 N–H and O–H groups in total. The van der Waals surface area contributed by atoms with Crippen LogP contribution in [0.1, 0.15) is 13.3 Å². The van der Waals surface area contributed by atoms with E-state index in [4.69, 9.17) is 11.5 Å². The Bertz CT molecular complexity index is 401. The number of primary amides is 1. The zero-order chi connectivity index (χ0) is 12.8. The molecule has 0 saturated carbocycles. The molecule has 0 bridgehead atoms. The third-order valence-corrected chi connectivity index (χ3v) is 2.27. The fourth-order valence-electron chi connectivity index (χ4n) is 1.32. The fourth-order valence-corrected chi connectivity index (χ4v) is 1.32. The Labute approximate surface area is 99.1 Å². The van der Waals surface area contributed by atoms with E-state index >= 15 is 0 Å². The second kappa shape index (κ2) is 6.00. The molecule has 1 atom stereocenters. The van der Waals surface area contributed by atoms with Gasteiger partial charge in [0.25, 0.3) is 0 Å². The van der Waals surface area contributed by atoms with Crippen LogP contribution in [0.4, 0.5) is 5.69 Å². The molecule has 7 heteroatoms. The molecule has 1 heterocycles. The molecule has 1 unspecified atom stereocenters. The maximum absolute atomic E-state index is 11.6. The SMILES string of the molecule is CC(CCN)C(=O)Nc1cnn(CC(N)=O)c1.